The van der Waals surface area contributed by atoms with E-state index in [4.69, 9.17) is 16.3 Å². The van der Waals surface area contributed by atoms with Crippen LogP contribution in [0, 0.1) is 6.92 Å². The van der Waals surface area contributed by atoms with E-state index in [0.29, 0.717) is 13.2 Å². The number of aliphatic hydroxyl groups excluding tert-OH is 1. The van der Waals surface area contributed by atoms with Crippen molar-refractivity contribution in [2.24, 2.45) is 0 Å². The van der Waals surface area contributed by atoms with E-state index in [9.17, 15) is 5.11 Å². The third kappa shape index (κ3) is 5.96. The molecule has 1 aliphatic rings. The molecule has 0 spiro atoms. The topological polar surface area (TPSA) is 35.9 Å². The highest BCUT2D eigenvalue weighted by Crippen LogP contribution is 2.25. The van der Waals surface area contributed by atoms with Gasteiger partial charge in [-0.3, -0.25) is 4.90 Å². The van der Waals surface area contributed by atoms with Gasteiger partial charge in [0.05, 0.1) is 18.3 Å². The minimum absolute atomic E-state index is 0.205. The van der Waals surface area contributed by atoms with Gasteiger partial charge in [0, 0.05) is 43.4 Å². The smallest absolute Gasteiger partial charge is 0.0900 e. The Balaban J connectivity index is 1.81. The average Bonchev–Trinajstić information content (AvgIpc) is 2.48. The van der Waals surface area contributed by atoms with Crippen LogP contribution in [0.4, 0.5) is 5.69 Å². The maximum atomic E-state index is 10.1. The van der Waals surface area contributed by atoms with Crippen LogP contribution in [0.5, 0.6) is 0 Å². The Bertz CT molecular complexity index is 508. The Morgan fingerprint density at radius 2 is 1.87 bits per heavy atom. The van der Waals surface area contributed by atoms with Crippen molar-refractivity contribution in [1.29, 1.82) is 0 Å². The molecular formula is C18H29ClN2O2. The molecule has 1 aromatic carbocycles. The second-order valence-electron chi connectivity index (χ2n) is 7.30. The molecule has 1 aromatic rings. The summed E-state index contributed by atoms with van der Waals surface area (Å²) in [4.78, 5) is 4.67. The van der Waals surface area contributed by atoms with E-state index in [1.807, 2.05) is 32.9 Å². The van der Waals surface area contributed by atoms with Gasteiger partial charge in [-0.1, -0.05) is 17.7 Å². The molecule has 0 bridgehead atoms. The average molecular weight is 341 g/mol. The maximum Gasteiger partial charge on any atom is 0.0900 e. The van der Waals surface area contributed by atoms with Crippen molar-refractivity contribution in [3.63, 3.8) is 0 Å². The third-order valence-corrected chi connectivity index (χ3v) is 4.30. The van der Waals surface area contributed by atoms with Gasteiger partial charge in [-0.25, -0.2) is 0 Å². The summed E-state index contributed by atoms with van der Waals surface area (Å²) >= 11 is 6.12. The van der Waals surface area contributed by atoms with E-state index in [1.54, 1.807) is 0 Å². The van der Waals surface area contributed by atoms with Crippen LogP contribution in [-0.2, 0) is 4.74 Å². The Labute approximate surface area is 145 Å². The quantitative estimate of drug-likeness (QED) is 0.894. The molecule has 1 atom stereocenters. The lowest BCUT2D eigenvalue weighted by molar-refractivity contribution is -0.0563. The van der Waals surface area contributed by atoms with Crippen molar-refractivity contribution < 1.29 is 9.84 Å². The van der Waals surface area contributed by atoms with Crippen LogP contribution in [0.1, 0.15) is 26.3 Å². The number of β-amino-alcohol motifs (C(OH)–C–C–N with tert-alkyl or cyclic N) is 1. The number of aryl methyl sites for hydroxylation is 1. The van der Waals surface area contributed by atoms with Gasteiger partial charge in [0.2, 0.25) is 0 Å². The summed E-state index contributed by atoms with van der Waals surface area (Å²) in [5, 5.41) is 10.9. The van der Waals surface area contributed by atoms with Crippen LogP contribution in [0.3, 0.4) is 0 Å². The van der Waals surface area contributed by atoms with Gasteiger partial charge >= 0.3 is 0 Å². The Kier molecular flexibility index (Phi) is 6.32. The summed E-state index contributed by atoms with van der Waals surface area (Å²) in [6.07, 6.45) is -0.436. The summed E-state index contributed by atoms with van der Waals surface area (Å²) in [5.41, 5.74) is 2.26. The van der Waals surface area contributed by atoms with Crippen LogP contribution < -0.4 is 4.90 Å². The zero-order chi connectivity index (χ0) is 17.0. The van der Waals surface area contributed by atoms with Crippen molar-refractivity contribution >= 4 is 17.3 Å². The van der Waals surface area contributed by atoms with Crippen molar-refractivity contribution in [1.82, 2.24) is 4.90 Å². The standard InChI is InChI=1S/C18H29ClN2O2/c1-14-5-6-15(19)11-17(14)21-9-7-20(8-10-21)12-16(22)13-23-18(2,3)4/h5-6,11,16,22H,7-10,12-13H2,1-4H3/t16-/m1/s1. The lowest BCUT2D eigenvalue weighted by Crippen LogP contribution is -2.49. The summed E-state index contributed by atoms with van der Waals surface area (Å²) in [7, 11) is 0. The lowest BCUT2D eigenvalue weighted by Gasteiger charge is -2.37. The number of hydrogen-bond acceptors (Lipinski definition) is 4. The molecule has 1 saturated heterocycles. The predicted molar refractivity (Wildman–Crippen MR) is 96.6 cm³/mol. The largest absolute Gasteiger partial charge is 0.389 e. The molecule has 0 radical (unpaired) electrons. The van der Waals surface area contributed by atoms with Gasteiger partial charge in [-0.2, -0.15) is 0 Å². The monoisotopic (exact) mass is 340 g/mol. The first kappa shape index (κ1) is 18.5. The predicted octanol–water partition coefficient (Wildman–Crippen LogP) is 2.95. The van der Waals surface area contributed by atoms with Crippen LogP contribution in [0.25, 0.3) is 0 Å². The highest BCUT2D eigenvalue weighted by Gasteiger charge is 2.21. The molecule has 2 rings (SSSR count). The van der Waals surface area contributed by atoms with Gasteiger partial charge in [-0.05, 0) is 45.4 Å². The third-order valence-electron chi connectivity index (χ3n) is 4.06. The van der Waals surface area contributed by atoms with E-state index in [-0.39, 0.29) is 5.60 Å². The van der Waals surface area contributed by atoms with Gasteiger partial charge < -0.3 is 14.7 Å². The first-order valence-electron chi connectivity index (χ1n) is 8.30. The zero-order valence-electron chi connectivity index (χ0n) is 14.7. The van der Waals surface area contributed by atoms with Crippen molar-refractivity contribution in [2.75, 3.05) is 44.2 Å². The minimum atomic E-state index is -0.436. The van der Waals surface area contributed by atoms with Crippen molar-refractivity contribution in [3.05, 3.63) is 28.8 Å². The summed E-state index contributed by atoms with van der Waals surface area (Å²) in [6.45, 7) is 13.0. The molecule has 1 N–H and O–H groups in total. The van der Waals surface area contributed by atoms with Crippen molar-refractivity contribution in [2.45, 2.75) is 39.4 Å². The van der Waals surface area contributed by atoms with E-state index in [0.717, 1.165) is 31.2 Å². The van der Waals surface area contributed by atoms with E-state index in [1.165, 1.54) is 11.3 Å². The van der Waals surface area contributed by atoms with Crippen LogP contribution in [0.2, 0.25) is 5.02 Å². The Morgan fingerprint density at radius 1 is 1.22 bits per heavy atom. The van der Waals surface area contributed by atoms with Crippen LogP contribution >= 0.6 is 11.6 Å². The van der Waals surface area contributed by atoms with Gasteiger partial charge in [0.25, 0.3) is 0 Å². The van der Waals surface area contributed by atoms with E-state index < -0.39 is 6.10 Å². The molecule has 130 valence electrons. The van der Waals surface area contributed by atoms with E-state index >= 15 is 0 Å². The number of nitrogens with zero attached hydrogens (tertiary/aromatic N) is 2. The number of halogens is 1. The molecule has 5 heteroatoms. The molecule has 0 saturated carbocycles. The fourth-order valence-electron chi connectivity index (χ4n) is 2.79. The highest BCUT2D eigenvalue weighted by atomic mass is 35.5. The summed E-state index contributed by atoms with van der Waals surface area (Å²) < 4.78 is 5.65. The zero-order valence-corrected chi connectivity index (χ0v) is 15.4. The number of hydrogen-bond donors (Lipinski definition) is 1. The Hall–Kier alpha value is -0.810. The molecule has 0 aromatic heterocycles. The SMILES string of the molecule is Cc1ccc(Cl)cc1N1CCN(C[C@@H](O)COC(C)(C)C)CC1. The molecule has 0 unspecified atom stereocenters. The van der Waals surface area contributed by atoms with Gasteiger partial charge in [-0.15, -0.1) is 0 Å². The van der Waals surface area contributed by atoms with Crippen molar-refractivity contribution in [3.8, 4) is 0 Å². The molecule has 23 heavy (non-hydrogen) atoms. The fourth-order valence-corrected chi connectivity index (χ4v) is 2.96. The number of ether oxygens (including phenoxy) is 1. The summed E-state index contributed by atoms with van der Waals surface area (Å²) in [5.74, 6) is 0. The molecular weight excluding hydrogens is 312 g/mol. The normalized spacial score (nSPS) is 18.3. The number of piperazine rings is 1. The number of aliphatic hydroxyl groups is 1. The molecule has 0 amide bonds. The first-order valence-corrected chi connectivity index (χ1v) is 8.68. The molecule has 4 nitrogen and oxygen atoms in total. The Morgan fingerprint density at radius 3 is 2.48 bits per heavy atom. The maximum absolute atomic E-state index is 10.1. The molecule has 1 fully saturated rings. The van der Waals surface area contributed by atoms with Gasteiger partial charge in [0.1, 0.15) is 0 Å². The number of benzene rings is 1. The minimum Gasteiger partial charge on any atom is -0.389 e. The first-order chi connectivity index (χ1) is 10.7. The lowest BCUT2D eigenvalue weighted by atomic mass is 10.1. The number of anilines is 1. The second kappa shape index (κ2) is 7.84. The number of rotatable bonds is 5. The highest BCUT2D eigenvalue weighted by molar-refractivity contribution is 6.30. The summed E-state index contributed by atoms with van der Waals surface area (Å²) in [6, 6.07) is 6.04. The van der Waals surface area contributed by atoms with Crippen LogP contribution in [0.15, 0.2) is 18.2 Å². The molecule has 1 heterocycles. The second-order valence-corrected chi connectivity index (χ2v) is 7.73. The molecule has 1 aliphatic heterocycles. The van der Waals surface area contributed by atoms with Gasteiger partial charge in [0.15, 0.2) is 0 Å². The van der Waals surface area contributed by atoms with E-state index in [2.05, 4.69) is 22.8 Å². The molecule has 0 aliphatic carbocycles. The fraction of sp³-hybridized carbons (Fsp3) is 0.667. The van der Waals surface area contributed by atoms with Crippen LogP contribution in [-0.4, -0.2) is 61.0 Å².